The lowest BCUT2D eigenvalue weighted by Crippen LogP contribution is -2.18. The summed E-state index contributed by atoms with van der Waals surface area (Å²) in [4.78, 5) is 50.1. The molecule has 0 spiro atoms. The Labute approximate surface area is 224 Å². The molecule has 36 heavy (non-hydrogen) atoms. The van der Waals surface area contributed by atoms with Gasteiger partial charge in [0.25, 0.3) is 11.5 Å². The molecule has 1 amide bonds. The number of methoxy groups -OCH3 is 1. The molecule has 0 fully saturated rings. The van der Waals surface area contributed by atoms with Crippen molar-refractivity contribution in [2.75, 3.05) is 26.5 Å². The van der Waals surface area contributed by atoms with Crippen molar-refractivity contribution >= 4 is 65.7 Å². The molecule has 0 saturated heterocycles. The lowest BCUT2D eigenvalue weighted by Gasteiger charge is -2.08. The Morgan fingerprint density at radius 3 is 2.50 bits per heavy atom. The van der Waals surface area contributed by atoms with Gasteiger partial charge in [0.05, 0.1) is 23.9 Å². The number of benzene rings is 1. The summed E-state index contributed by atoms with van der Waals surface area (Å²) in [6, 6.07) is 7.65. The van der Waals surface area contributed by atoms with E-state index in [2.05, 4.69) is 31.2 Å². The minimum absolute atomic E-state index is 0.276. The van der Waals surface area contributed by atoms with Gasteiger partial charge < -0.3 is 19.9 Å². The topological polar surface area (TPSA) is 104 Å². The number of carbonyl (C=O) groups is 2. The van der Waals surface area contributed by atoms with E-state index in [1.165, 1.54) is 18.4 Å². The second-order valence-electron chi connectivity index (χ2n) is 8.40. The summed E-state index contributed by atoms with van der Waals surface area (Å²) >= 11 is 5.96. The molecule has 0 bridgehead atoms. The predicted octanol–water partition coefficient (Wildman–Crippen LogP) is 5.45. The van der Waals surface area contributed by atoms with Gasteiger partial charge in [-0.05, 0) is 50.7 Å². The molecule has 0 aliphatic rings. The van der Waals surface area contributed by atoms with Crippen molar-refractivity contribution < 1.29 is 14.3 Å². The number of carbonyl (C=O) groups excluding carboxylic acids is 2. The number of ether oxygens (including phenoxy) is 1. The number of nitrogens with one attached hydrogen (secondary N) is 2. The third kappa shape index (κ3) is 5.01. The molecular formula is C25H25BrN4O4S2. The standard InChI is InChI=1S/C25H25BrN4O4S2/c1-6-15-18(13-7-9-14(26)10-8-13)19(25(33)34-5)24(35-15)29-22(32)20-12(2)17-21(31)27-16(11-30(3)4)28-23(17)36-20/h7-10H,6,11H2,1-5H3,(H,29,32)(H,27,28,31). The molecule has 3 aromatic heterocycles. The van der Waals surface area contributed by atoms with Gasteiger partial charge in [-0.1, -0.05) is 35.0 Å². The monoisotopic (exact) mass is 588 g/mol. The smallest absolute Gasteiger partial charge is 0.341 e. The quantitative estimate of drug-likeness (QED) is 0.278. The van der Waals surface area contributed by atoms with Gasteiger partial charge in [0.1, 0.15) is 21.2 Å². The van der Waals surface area contributed by atoms with Crippen LogP contribution in [0.4, 0.5) is 5.00 Å². The third-order valence-electron chi connectivity index (χ3n) is 5.57. The highest BCUT2D eigenvalue weighted by Crippen LogP contribution is 2.42. The first kappa shape index (κ1) is 26.2. The van der Waals surface area contributed by atoms with Gasteiger partial charge in [0.2, 0.25) is 0 Å². The van der Waals surface area contributed by atoms with Crippen LogP contribution in [0.15, 0.2) is 33.5 Å². The van der Waals surface area contributed by atoms with Gasteiger partial charge in [0, 0.05) is 14.9 Å². The summed E-state index contributed by atoms with van der Waals surface area (Å²) < 4.78 is 6.01. The van der Waals surface area contributed by atoms with E-state index in [1.54, 1.807) is 6.92 Å². The summed E-state index contributed by atoms with van der Waals surface area (Å²) in [6.45, 7) is 4.21. The summed E-state index contributed by atoms with van der Waals surface area (Å²) in [7, 11) is 5.09. The Morgan fingerprint density at radius 1 is 1.19 bits per heavy atom. The molecule has 3 heterocycles. The van der Waals surface area contributed by atoms with Crippen molar-refractivity contribution in [3.05, 3.63) is 65.8 Å². The zero-order valence-electron chi connectivity index (χ0n) is 20.4. The van der Waals surface area contributed by atoms with E-state index in [1.807, 2.05) is 50.2 Å². The summed E-state index contributed by atoms with van der Waals surface area (Å²) in [5, 5.41) is 3.73. The Kier molecular flexibility index (Phi) is 7.74. The van der Waals surface area contributed by atoms with E-state index >= 15 is 0 Å². The zero-order valence-corrected chi connectivity index (χ0v) is 23.7. The minimum atomic E-state index is -0.529. The van der Waals surface area contributed by atoms with Crippen LogP contribution in [0.3, 0.4) is 0 Å². The molecule has 0 atom stereocenters. The molecular weight excluding hydrogens is 564 g/mol. The number of halogens is 1. The van der Waals surface area contributed by atoms with E-state index in [4.69, 9.17) is 4.74 Å². The fourth-order valence-electron chi connectivity index (χ4n) is 3.97. The summed E-state index contributed by atoms with van der Waals surface area (Å²) in [5.74, 6) is -0.400. The number of rotatable bonds is 7. The number of aromatic nitrogens is 2. The number of H-pyrrole nitrogens is 1. The molecule has 2 N–H and O–H groups in total. The minimum Gasteiger partial charge on any atom is -0.465 e. The van der Waals surface area contributed by atoms with Crippen LogP contribution in [0, 0.1) is 6.92 Å². The second-order valence-corrected chi connectivity index (χ2v) is 11.4. The van der Waals surface area contributed by atoms with Crippen molar-refractivity contribution in [1.29, 1.82) is 0 Å². The molecule has 1 aromatic carbocycles. The number of hydrogen-bond acceptors (Lipinski definition) is 8. The Bertz CT molecular complexity index is 1520. The average Bonchev–Trinajstić information content (AvgIpc) is 3.36. The SMILES string of the molecule is CCc1sc(NC(=O)c2sc3nc(CN(C)C)[nH]c(=O)c3c2C)c(C(=O)OC)c1-c1ccc(Br)cc1. The molecule has 0 aliphatic heterocycles. The van der Waals surface area contributed by atoms with Crippen LogP contribution in [0.2, 0.25) is 0 Å². The first-order valence-electron chi connectivity index (χ1n) is 11.1. The molecule has 11 heteroatoms. The van der Waals surface area contributed by atoms with Crippen molar-refractivity contribution in [1.82, 2.24) is 14.9 Å². The molecule has 0 saturated carbocycles. The number of aryl methyl sites for hydroxylation is 2. The Morgan fingerprint density at radius 2 is 1.89 bits per heavy atom. The number of esters is 1. The van der Waals surface area contributed by atoms with Gasteiger partial charge in [0.15, 0.2) is 0 Å². The largest absolute Gasteiger partial charge is 0.465 e. The average molecular weight is 590 g/mol. The Balaban J connectivity index is 1.78. The van der Waals surface area contributed by atoms with Gasteiger partial charge in [-0.25, -0.2) is 9.78 Å². The fraction of sp³-hybridized carbons (Fsp3) is 0.280. The molecule has 0 radical (unpaired) electrons. The van der Waals surface area contributed by atoms with Crippen molar-refractivity contribution in [3.63, 3.8) is 0 Å². The highest BCUT2D eigenvalue weighted by molar-refractivity contribution is 9.10. The fourth-order valence-corrected chi connectivity index (χ4v) is 6.48. The van der Waals surface area contributed by atoms with E-state index in [0.717, 1.165) is 31.8 Å². The molecule has 4 rings (SSSR count). The van der Waals surface area contributed by atoms with E-state index in [-0.39, 0.29) is 5.56 Å². The van der Waals surface area contributed by atoms with Gasteiger partial charge in [-0.3, -0.25) is 9.59 Å². The van der Waals surface area contributed by atoms with Crippen LogP contribution in [0.5, 0.6) is 0 Å². The number of thiophene rings is 2. The van der Waals surface area contributed by atoms with Crippen molar-refractivity contribution in [2.24, 2.45) is 0 Å². The molecule has 0 aliphatic carbocycles. The molecule has 4 aromatic rings. The maximum absolute atomic E-state index is 13.4. The maximum Gasteiger partial charge on any atom is 0.341 e. The van der Waals surface area contributed by atoms with Gasteiger partial charge in [-0.2, -0.15) is 0 Å². The van der Waals surface area contributed by atoms with E-state index in [9.17, 15) is 14.4 Å². The molecule has 8 nitrogen and oxygen atoms in total. The van der Waals surface area contributed by atoms with Crippen LogP contribution >= 0.6 is 38.6 Å². The first-order chi connectivity index (χ1) is 17.1. The zero-order chi connectivity index (χ0) is 26.1. The van der Waals surface area contributed by atoms with Gasteiger partial charge in [-0.15, -0.1) is 22.7 Å². The van der Waals surface area contributed by atoms with E-state index < -0.39 is 11.9 Å². The number of hydrogen-bond donors (Lipinski definition) is 2. The summed E-state index contributed by atoms with van der Waals surface area (Å²) in [5.41, 5.74) is 2.20. The van der Waals surface area contributed by atoms with Crippen molar-refractivity contribution in [2.45, 2.75) is 26.8 Å². The van der Waals surface area contributed by atoms with Crippen LogP contribution in [0.25, 0.3) is 21.3 Å². The number of fused-ring (bicyclic) bond motifs is 1. The summed E-state index contributed by atoms with van der Waals surface area (Å²) in [6.07, 6.45) is 0.672. The highest BCUT2D eigenvalue weighted by atomic mass is 79.9. The third-order valence-corrected chi connectivity index (χ3v) is 8.54. The molecule has 0 unspecified atom stereocenters. The van der Waals surface area contributed by atoms with E-state index in [0.29, 0.717) is 50.0 Å². The molecule has 188 valence electrons. The second kappa shape index (κ2) is 10.6. The number of amides is 1. The highest BCUT2D eigenvalue weighted by Gasteiger charge is 2.28. The maximum atomic E-state index is 13.4. The van der Waals surface area contributed by atoms with Crippen LogP contribution in [-0.4, -0.2) is 47.9 Å². The number of aromatic amines is 1. The van der Waals surface area contributed by atoms with Gasteiger partial charge >= 0.3 is 5.97 Å². The normalized spacial score (nSPS) is 11.3. The Hall–Kier alpha value is -2.86. The van der Waals surface area contributed by atoms with Crippen LogP contribution < -0.4 is 10.9 Å². The first-order valence-corrected chi connectivity index (χ1v) is 13.5. The van der Waals surface area contributed by atoms with Crippen LogP contribution in [-0.2, 0) is 17.7 Å². The lowest BCUT2D eigenvalue weighted by molar-refractivity contribution is 0.0603. The number of nitrogens with zero attached hydrogens (tertiary/aromatic N) is 2. The van der Waals surface area contributed by atoms with Crippen LogP contribution in [0.1, 0.15) is 43.2 Å². The van der Waals surface area contributed by atoms with Crippen molar-refractivity contribution in [3.8, 4) is 11.1 Å². The number of anilines is 1. The lowest BCUT2D eigenvalue weighted by atomic mass is 10.00. The predicted molar refractivity (Wildman–Crippen MR) is 148 cm³/mol.